The lowest BCUT2D eigenvalue weighted by atomic mass is 9.91. The summed E-state index contributed by atoms with van der Waals surface area (Å²) in [6.45, 7) is 4.04. The molecule has 5 nitrogen and oxygen atoms in total. The van der Waals surface area contributed by atoms with Crippen molar-refractivity contribution in [1.82, 2.24) is 14.7 Å². The molecule has 0 bridgehead atoms. The molecule has 1 aliphatic rings. The minimum absolute atomic E-state index is 0.0520. The van der Waals surface area contributed by atoms with Gasteiger partial charge in [-0.2, -0.15) is 0 Å². The van der Waals surface area contributed by atoms with E-state index >= 15 is 0 Å². The number of aryl methyl sites for hydroxylation is 2. The van der Waals surface area contributed by atoms with Gasteiger partial charge in [-0.1, -0.05) is 30.3 Å². The zero-order chi connectivity index (χ0) is 17.6. The van der Waals surface area contributed by atoms with E-state index in [4.69, 9.17) is 4.98 Å². The monoisotopic (exact) mass is 334 g/mol. The van der Waals surface area contributed by atoms with Crippen LogP contribution in [0.25, 0.3) is 5.65 Å². The number of fused-ring (bicyclic) bond motifs is 3. The van der Waals surface area contributed by atoms with Crippen molar-refractivity contribution in [1.29, 1.82) is 0 Å². The number of nitrogens with one attached hydrogen (secondary N) is 2. The fraction of sp³-hybridized carbons (Fsp3) is 0.300. The quantitative estimate of drug-likeness (QED) is 0.755. The number of pyridine rings is 1. The van der Waals surface area contributed by atoms with E-state index in [0.29, 0.717) is 0 Å². The van der Waals surface area contributed by atoms with E-state index in [9.17, 15) is 4.79 Å². The van der Waals surface area contributed by atoms with Crippen LogP contribution in [0.3, 0.4) is 0 Å². The molecule has 128 valence electrons. The molecule has 2 aromatic heterocycles. The van der Waals surface area contributed by atoms with Gasteiger partial charge < -0.3 is 15.0 Å². The second-order valence-corrected chi connectivity index (χ2v) is 6.60. The van der Waals surface area contributed by atoms with Crippen molar-refractivity contribution in [2.75, 3.05) is 12.4 Å². The third-order valence-electron chi connectivity index (χ3n) is 5.17. The minimum Gasteiger partial charge on any atom is -0.375 e. The molecule has 1 aromatic carbocycles. The topological polar surface area (TPSA) is 58.4 Å². The fourth-order valence-corrected chi connectivity index (χ4v) is 3.65. The molecule has 0 unspecified atom stereocenters. The molecular formula is C20H22N4O. The van der Waals surface area contributed by atoms with Crippen LogP contribution in [-0.4, -0.2) is 22.3 Å². The Labute approximate surface area is 147 Å². The highest BCUT2D eigenvalue weighted by Crippen LogP contribution is 2.37. The highest BCUT2D eigenvalue weighted by Gasteiger charge is 2.27. The maximum absolute atomic E-state index is 12.4. The first-order chi connectivity index (χ1) is 12.1. The maximum Gasteiger partial charge on any atom is 0.252 e. The van der Waals surface area contributed by atoms with Crippen LogP contribution in [0.4, 0.5) is 5.69 Å². The van der Waals surface area contributed by atoms with E-state index in [0.717, 1.165) is 46.7 Å². The van der Waals surface area contributed by atoms with Crippen LogP contribution in [0.15, 0.2) is 36.5 Å². The largest absolute Gasteiger partial charge is 0.375 e. The fourth-order valence-electron chi connectivity index (χ4n) is 3.65. The van der Waals surface area contributed by atoms with E-state index in [1.54, 1.807) is 7.05 Å². The predicted octanol–water partition coefficient (Wildman–Crippen LogP) is 3.41. The van der Waals surface area contributed by atoms with Crippen LogP contribution in [0.2, 0.25) is 0 Å². The molecule has 3 heterocycles. The van der Waals surface area contributed by atoms with Crippen LogP contribution in [0, 0.1) is 13.8 Å². The van der Waals surface area contributed by atoms with Gasteiger partial charge in [0.15, 0.2) is 5.65 Å². The molecule has 5 heteroatoms. The van der Waals surface area contributed by atoms with Gasteiger partial charge in [0.25, 0.3) is 5.91 Å². The molecule has 1 amide bonds. The zero-order valence-electron chi connectivity index (χ0n) is 14.8. The summed E-state index contributed by atoms with van der Waals surface area (Å²) in [6, 6.07) is 10.7. The summed E-state index contributed by atoms with van der Waals surface area (Å²) in [4.78, 5) is 17.2. The van der Waals surface area contributed by atoms with Gasteiger partial charge in [-0.25, -0.2) is 4.98 Å². The van der Waals surface area contributed by atoms with Crippen molar-refractivity contribution in [2.24, 2.45) is 0 Å². The number of hydrogen-bond acceptors (Lipinski definition) is 3. The molecule has 0 saturated carbocycles. The van der Waals surface area contributed by atoms with Crippen LogP contribution in [0.5, 0.6) is 0 Å². The Hall–Kier alpha value is -2.82. The summed E-state index contributed by atoms with van der Waals surface area (Å²) >= 11 is 0. The summed E-state index contributed by atoms with van der Waals surface area (Å²) in [7, 11) is 1.67. The summed E-state index contributed by atoms with van der Waals surface area (Å²) in [6.07, 6.45) is 3.73. The Morgan fingerprint density at radius 1 is 1.28 bits per heavy atom. The van der Waals surface area contributed by atoms with Gasteiger partial charge >= 0.3 is 0 Å². The number of amides is 1. The Bertz CT molecular complexity index is 959. The Balaban J connectivity index is 1.90. The number of rotatable bonds is 2. The second kappa shape index (κ2) is 5.92. The van der Waals surface area contributed by atoms with Crippen molar-refractivity contribution in [2.45, 2.75) is 32.7 Å². The Morgan fingerprint density at radius 2 is 2.04 bits per heavy atom. The molecule has 0 spiro atoms. The van der Waals surface area contributed by atoms with Crippen LogP contribution in [-0.2, 0) is 6.42 Å². The number of carbonyl (C=O) groups excluding carboxylic acids is 1. The second-order valence-electron chi connectivity index (χ2n) is 6.60. The van der Waals surface area contributed by atoms with E-state index in [2.05, 4.69) is 34.9 Å². The third kappa shape index (κ3) is 2.47. The summed E-state index contributed by atoms with van der Waals surface area (Å²) in [5.41, 5.74) is 6.98. The molecule has 0 aliphatic carbocycles. The number of benzene rings is 1. The number of anilines is 1. The molecule has 3 aromatic rings. The van der Waals surface area contributed by atoms with Gasteiger partial charge in [0.2, 0.25) is 0 Å². The average Bonchev–Trinajstić information content (AvgIpc) is 2.95. The van der Waals surface area contributed by atoms with Crippen LogP contribution < -0.4 is 10.6 Å². The summed E-state index contributed by atoms with van der Waals surface area (Å²) in [5, 5.41) is 6.42. The van der Waals surface area contributed by atoms with Crippen molar-refractivity contribution in [3.63, 3.8) is 0 Å². The lowest BCUT2D eigenvalue weighted by Crippen LogP contribution is -2.25. The Kier molecular flexibility index (Phi) is 3.71. The van der Waals surface area contributed by atoms with Crippen molar-refractivity contribution < 1.29 is 4.79 Å². The van der Waals surface area contributed by atoms with Crippen molar-refractivity contribution in [3.8, 4) is 0 Å². The van der Waals surface area contributed by atoms with Crippen molar-refractivity contribution in [3.05, 3.63) is 64.6 Å². The van der Waals surface area contributed by atoms with Gasteiger partial charge in [-0.3, -0.25) is 4.79 Å². The molecule has 4 rings (SSSR count). The highest BCUT2D eigenvalue weighted by molar-refractivity contribution is 5.98. The van der Waals surface area contributed by atoms with Gasteiger partial charge in [0, 0.05) is 18.9 Å². The number of nitrogens with zero attached hydrogens (tertiary/aromatic N) is 2. The van der Waals surface area contributed by atoms with E-state index in [-0.39, 0.29) is 11.9 Å². The highest BCUT2D eigenvalue weighted by atomic mass is 16.1. The SMILES string of the molecule is CNC(=O)c1cn2c(C)c(C)nc2c2c1CC[C@@H](c1ccccc1)N2. The maximum atomic E-state index is 12.4. The lowest BCUT2D eigenvalue weighted by Gasteiger charge is -2.29. The van der Waals surface area contributed by atoms with E-state index in [1.807, 2.05) is 30.5 Å². The standard InChI is InChI=1S/C20H22N4O/c1-12-13(2)24-11-16(20(25)21-3)15-9-10-17(14-7-5-4-6-8-14)23-18(15)19(24)22-12/h4-8,11,17,23H,9-10H2,1-3H3,(H,21,25)/t17-/m0/s1. The molecule has 0 radical (unpaired) electrons. The summed E-state index contributed by atoms with van der Waals surface area (Å²) in [5.74, 6) is -0.0520. The average molecular weight is 334 g/mol. The molecule has 2 N–H and O–H groups in total. The molecule has 1 atom stereocenters. The Morgan fingerprint density at radius 3 is 2.76 bits per heavy atom. The lowest BCUT2D eigenvalue weighted by molar-refractivity contribution is 0.0961. The normalized spacial score (nSPS) is 16.4. The first kappa shape index (κ1) is 15.7. The van der Waals surface area contributed by atoms with Crippen LogP contribution in [0.1, 0.15) is 45.3 Å². The van der Waals surface area contributed by atoms with Gasteiger partial charge in [0.05, 0.1) is 23.0 Å². The third-order valence-corrected chi connectivity index (χ3v) is 5.17. The molecule has 0 saturated heterocycles. The molecule has 25 heavy (non-hydrogen) atoms. The zero-order valence-corrected chi connectivity index (χ0v) is 14.8. The number of aromatic nitrogens is 2. The number of carbonyl (C=O) groups is 1. The smallest absolute Gasteiger partial charge is 0.252 e. The molecule has 1 aliphatic heterocycles. The first-order valence-corrected chi connectivity index (χ1v) is 8.65. The minimum atomic E-state index is -0.0520. The molecule has 0 fully saturated rings. The van der Waals surface area contributed by atoms with Gasteiger partial charge in [-0.15, -0.1) is 0 Å². The van der Waals surface area contributed by atoms with Crippen molar-refractivity contribution >= 4 is 17.2 Å². The van der Waals surface area contributed by atoms with Gasteiger partial charge in [0.1, 0.15) is 0 Å². The van der Waals surface area contributed by atoms with E-state index < -0.39 is 0 Å². The first-order valence-electron chi connectivity index (χ1n) is 8.65. The van der Waals surface area contributed by atoms with Gasteiger partial charge in [-0.05, 0) is 37.8 Å². The number of hydrogen-bond donors (Lipinski definition) is 2. The van der Waals surface area contributed by atoms with E-state index in [1.165, 1.54) is 5.56 Å². The summed E-state index contributed by atoms with van der Waals surface area (Å²) < 4.78 is 2.03. The number of imidazole rings is 1. The van der Waals surface area contributed by atoms with Crippen LogP contribution >= 0.6 is 0 Å². The molecular weight excluding hydrogens is 312 g/mol. The predicted molar refractivity (Wildman–Crippen MR) is 99.2 cm³/mol.